The number of aromatic amines is 1. The Labute approximate surface area is 193 Å². The van der Waals surface area contributed by atoms with Gasteiger partial charge in [-0.1, -0.05) is 11.6 Å². The Kier molecular flexibility index (Phi) is 4.73. The van der Waals surface area contributed by atoms with Crippen LogP contribution in [0.1, 0.15) is 18.9 Å². The number of halogens is 1. The lowest BCUT2D eigenvalue weighted by atomic mass is 9.96. The van der Waals surface area contributed by atoms with Crippen molar-refractivity contribution >= 4 is 39.7 Å². The van der Waals surface area contributed by atoms with Crippen molar-refractivity contribution in [3.63, 3.8) is 0 Å². The van der Waals surface area contributed by atoms with Gasteiger partial charge < -0.3 is 14.3 Å². The minimum atomic E-state index is -0.0591. The van der Waals surface area contributed by atoms with Gasteiger partial charge in [0.15, 0.2) is 5.58 Å². The van der Waals surface area contributed by atoms with E-state index in [0.717, 1.165) is 47.3 Å². The summed E-state index contributed by atoms with van der Waals surface area (Å²) in [6.07, 6.45) is 8.44. The fourth-order valence-electron chi connectivity index (χ4n) is 4.61. The van der Waals surface area contributed by atoms with Crippen molar-refractivity contribution in [2.75, 3.05) is 18.0 Å². The highest BCUT2D eigenvalue weighted by Gasteiger charge is 2.33. The quantitative estimate of drug-likeness (QED) is 0.409. The van der Waals surface area contributed by atoms with Crippen LogP contribution in [0.25, 0.3) is 33.4 Å². The predicted molar refractivity (Wildman–Crippen MR) is 124 cm³/mol. The number of fused-ring (bicyclic) bond motifs is 2. The van der Waals surface area contributed by atoms with Gasteiger partial charge in [0.1, 0.15) is 17.5 Å². The van der Waals surface area contributed by atoms with Gasteiger partial charge in [-0.3, -0.25) is 4.68 Å². The third-order valence-electron chi connectivity index (χ3n) is 6.25. The van der Waals surface area contributed by atoms with E-state index in [2.05, 4.69) is 36.0 Å². The second kappa shape index (κ2) is 7.90. The molecule has 6 rings (SSSR count). The number of benzene rings is 1. The summed E-state index contributed by atoms with van der Waals surface area (Å²) in [6, 6.07) is 10.2. The zero-order valence-corrected chi connectivity index (χ0v) is 18.3. The van der Waals surface area contributed by atoms with E-state index in [1.54, 1.807) is 24.7 Å². The van der Waals surface area contributed by atoms with Crippen molar-refractivity contribution in [2.24, 2.45) is 5.92 Å². The van der Waals surface area contributed by atoms with Crippen molar-refractivity contribution in [2.45, 2.75) is 18.9 Å². The van der Waals surface area contributed by atoms with E-state index in [0.29, 0.717) is 23.0 Å². The molecule has 0 spiro atoms. The lowest BCUT2D eigenvalue weighted by Crippen LogP contribution is -2.25. The Morgan fingerprint density at radius 3 is 3.15 bits per heavy atom. The van der Waals surface area contributed by atoms with E-state index < -0.39 is 0 Å². The number of hydrogen-bond donors (Lipinski definition) is 1. The average Bonchev–Trinajstić information content (AvgIpc) is 3.62. The molecule has 0 aliphatic carbocycles. The molecular formula is C23H19ClN8O. The fraction of sp³-hybridized carbons (Fsp3) is 0.261. The molecular weight excluding hydrogens is 440 g/mol. The number of nitrogens with zero attached hydrogens (tertiary/aromatic N) is 7. The van der Waals surface area contributed by atoms with Gasteiger partial charge >= 0.3 is 0 Å². The first kappa shape index (κ1) is 19.8. The summed E-state index contributed by atoms with van der Waals surface area (Å²) in [5, 5.41) is 15.7. The second-order valence-electron chi connectivity index (χ2n) is 8.20. The highest BCUT2D eigenvalue weighted by atomic mass is 35.5. The van der Waals surface area contributed by atoms with Crippen LogP contribution in [0.3, 0.4) is 0 Å². The minimum absolute atomic E-state index is 0.0591. The summed E-state index contributed by atoms with van der Waals surface area (Å²) in [5.74, 6) is 0.230. The van der Waals surface area contributed by atoms with Crippen LogP contribution in [0.5, 0.6) is 0 Å². The van der Waals surface area contributed by atoms with Crippen molar-refractivity contribution in [1.82, 2.24) is 29.7 Å². The molecule has 164 valence electrons. The van der Waals surface area contributed by atoms with Crippen LogP contribution in [-0.2, 0) is 0 Å². The number of hydrogen-bond acceptors (Lipinski definition) is 7. The SMILES string of the molecule is N#CCC(C1CCN(c2nc3cc(Cl)ccc3o2)C1)n1cc(-c2ncnc3[nH]ccc23)cn1. The Morgan fingerprint density at radius 1 is 1.30 bits per heavy atom. The minimum Gasteiger partial charge on any atom is -0.423 e. The number of oxazole rings is 1. The molecule has 1 aromatic carbocycles. The molecule has 1 N–H and O–H groups in total. The Morgan fingerprint density at radius 2 is 2.24 bits per heavy atom. The summed E-state index contributed by atoms with van der Waals surface area (Å²) in [4.78, 5) is 18.6. The third-order valence-corrected chi connectivity index (χ3v) is 6.48. The number of rotatable bonds is 5. The lowest BCUT2D eigenvalue weighted by molar-refractivity contribution is 0.331. The van der Waals surface area contributed by atoms with Gasteiger partial charge in [0.25, 0.3) is 6.01 Å². The number of aromatic nitrogens is 6. The molecule has 1 fully saturated rings. The molecule has 0 bridgehead atoms. The average molecular weight is 459 g/mol. The van der Waals surface area contributed by atoms with Gasteiger partial charge in [-0.25, -0.2) is 9.97 Å². The molecule has 1 saturated heterocycles. The number of anilines is 1. The van der Waals surface area contributed by atoms with E-state index in [9.17, 15) is 5.26 Å². The van der Waals surface area contributed by atoms with Crippen LogP contribution in [0.4, 0.5) is 6.01 Å². The van der Waals surface area contributed by atoms with Crippen molar-refractivity contribution < 1.29 is 4.42 Å². The predicted octanol–water partition coefficient (Wildman–Crippen LogP) is 4.60. The van der Waals surface area contributed by atoms with Crippen LogP contribution >= 0.6 is 11.6 Å². The van der Waals surface area contributed by atoms with Gasteiger partial charge in [0, 0.05) is 47.4 Å². The van der Waals surface area contributed by atoms with E-state index in [1.165, 1.54) is 0 Å². The Hall–Kier alpha value is -3.90. The largest absolute Gasteiger partial charge is 0.423 e. The summed E-state index contributed by atoms with van der Waals surface area (Å²) in [7, 11) is 0. The highest BCUT2D eigenvalue weighted by Crippen LogP contribution is 2.35. The van der Waals surface area contributed by atoms with Gasteiger partial charge in [-0.2, -0.15) is 15.3 Å². The number of H-pyrrole nitrogens is 1. The van der Waals surface area contributed by atoms with E-state index in [-0.39, 0.29) is 12.0 Å². The third kappa shape index (κ3) is 3.49. The van der Waals surface area contributed by atoms with Gasteiger partial charge in [0.05, 0.1) is 30.4 Å². The van der Waals surface area contributed by atoms with Crippen molar-refractivity contribution in [3.05, 3.63) is 54.2 Å². The summed E-state index contributed by atoms with van der Waals surface area (Å²) < 4.78 is 7.85. The molecule has 10 heteroatoms. The molecule has 0 amide bonds. The van der Waals surface area contributed by atoms with Crippen LogP contribution in [-0.4, -0.2) is 42.8 Å². The smallest absolute Gasteiger partial charge is 0.298 e. The van der Waals surface area contributed by atoms with Crippen LogP contribution < -0.4 is 4.90 Å². The molecule has 2 unspecified atom stereocenters. The van der Waals surface area contributed by atoms with E-state index in [1.807, 2.05) is 29.2 Å². The zero-order chi connectivity index (χ0) is 22.4. The maximum absolute atomic E-state index is 9.53. The maximum atomic E-state index is 9.53. The Bertz CT molecular complexity index is 1500. The first-order valence-electron chi connectivity index (χ1n) is 10.7. The van der Waals surface area contributed by atoms with Crippen molar-refractivity contribution in [3.8, 4) is 17.3 Å². The van der Waals surface area contributed by atoms with Gasteiger partial charge in [0.2, 0.25) is 0 Å². The number of nitriles is 1. The summed E-state index contributed by atoms with van der Waals surface area (Å²) in [5.41, 5.74) is 3.96. The standard InChI is InChI=1S/C23H19ClN8O/c24-16-1-2-20-18(9-16)30-23(33-20)31-8-5-14(11-31)19(3-6-25)32-12-15(10-29-32)21-17-4-7-26-22(17)28-13-27-21/h1-2,4,7,9-10,12-14,19H,3,5,8,11H2,(H,26,27,28). The summed E-state index contributed by atoms with van der Waals surface area (Å²) in [6.45, 7) is 1.54. The lowest BCUT2D eigenvalue weighted by Gasteiger charge is -2.22. The molecule has 4 aromatic heterocycles. The summed E-state index contributed by atoms with van der Waals surface area (Å²) >= 11 is 6.08. The molecule has 0 radical (unpaired) electrons. The monoisotopic (exact) mass is 458 g/mol. The number of nitrogens with one attached hydrogen (secondary N) is 1. The molecule has 9 nitrogen and oxygen atoms in total. The first-order chi connectivity index (χ1) is 16.2. The van der Waals surface area contributed by atoms with E-state index >= 15 is 0 Å². The zero-order valence-electron chi connectivity index (χ0n) is 17.5. The van der Waals surface area contributed by atoms with Gasteiger partial charge in [-0.05, 0) is 30.7 Å². The molecule has 33 heavy (non-hydrogen) atoms. The molecule has 1 aliphatic rings. The second-order valence-corrected chi connectivity index (χ2v) is 8.64. The molecule has 5 heterocycles. The molecule has 5 aromatic rings. The van der Waals surface area contributed by atoms with E-state index in [4.69, 9.17) is 16.0 Å². The van der Waals surface area contributed by atoms with Gasteiger partial charge in [-0.15, -0.1) is 0 Å². The van der Waals surface area contributed by atoms with Crippen LogP contribution in [0.15, 0.2) is 53.6 Å². The molecule has 1 aliphatic heterocycles. The maximum Gasteiger partial charge on any atom is 0.298 e. The molecule has 2 atom stereocenters. The van der Waals surface area contributed by atoms with Crippen LogP contribution in [0, 0.1) is 17.2 Å². The Balaban J connectivity index is 1.26. The fourth-order valence-corrected chi connectivity index (χ4v) is 4.78. The van der Waals surface area contributed by atoms with Crippen molar-refractivity contribution in [1.29, 1.82) is 5.26 Å². The highest BCUT2D eigenvalue weighted by molar-refractivity contribution is 6.31. The normalized spacial score (nSPS) is 17.1. The first-order valence-corrected chi connectivity index (χ1v) is 11.1. The van der Waals surface area contributed by atoms with Crippen LogP contribution in [0.2, 0.25) is 5.02 Å². The topological polar surface area (TPSA) is 112 Å². The molecule has 0 saturated carbocycles.